The van der Waals surface area contributed by atoms with Crippen molar-refractivity contribution in [2.45, 2.75) is 32.7 Å². The van der Waals surface area contributed by atoms with Crippen LogP contribution >= 0.6 is 0 Å². The van der Waals surface area contributed by atoms with Crippen molar-refractivity contribution in [1.29, 1.82) is 0 Å². The van der Waals surface area contributed by atoms with Crippen molar-refractivity contribution in [3.8, 4) is 0 Å². The number of carbonyl (C=O) groups excluding carboxylic acids is 2. The number of rotatable bonds is 2. The Bertz CT molecular complexity index is 1880. The lowest BCUT2D eigenvalue weighted by Crippen LogP contribution is -2.29. The van der Waals surface area contributed by atoms with E-state index in [0.29, 0.717) is 43.6 Å². The van der Waals surface area contributed by atoms with Gasteiger partial charge < -0.3 is 9.97 Å². The summed E-state index contributed by atoms with van der Waals surface area (Å²) in [6.45, 7) is 6.46. The van der Waals surface area contributed by atoms with Crippen LogP contribution in [0.4, 0.5) is 8.78 Å². The van der Waals surface area contributed by atoms with Crippen molar-refractivity contribution < 1.29 is 18.4 Å². The highest BCUT2D eigenvalue weighted by molar-refractivity contribution is 6.39. The summed E-state index contributed by atoms with van der Waals surface area (Å²) in [5, 5.41) is 2.00. The number of aromatic nitrogens is 2. The molecular formula is C31H23F2N3O2. The lowest BCUT2D eigenvalue weighted by Gasteiger charge is -2.20. The Morgan fingerprint density at radius 3 is 1.63 bits per heavy atom. The molecule has 5 nitrogen and oxygen atoms in total. The molecule has 1 aliphatic rings. The topological polar surface area (TPSA) is 69.0 Å². The fourth-order valence-electron chi connectivity index (χ4n) is 5.70. The Kier molecular flexibility index (Phi) is 4.48. The van der Waals surface area contributed by atoms with Crippen LogP contribution in [-0.4, -0.2) is 26.7 Å². The summed E-state index contributed by atoms with van der Waals surface area (Å²) in [6, 6.07) is 16.5. The molecule has 7 heteroatoms. The predicted octanol–water partition coefficient (Wildman–Crippen LogP) is 7.33. The van der Waals surface area contributed by atoms with Gasteiger partial charge in [0, 0.05) is 32.6 Å². The Morgan fingerprint density at radius 1 is 0.711 bits per heavy atom. The molecule has 0 spiro atoms. The molecule has 188 valence electrons. The number of imide groups is 1. The number of aromatic amines is 2. The second kappa shape index (κ2) is 7.51. The third kappa shape index (κ3) is 3.08. The number of benzene rings is 4. The van der Waals surface area contributed by atoms with Crippen LogP contribution < -0.4 is 0 Å². The van der Waals surface area contributed by atoms with Crippen LogP contribution in [0, 0.1) is 11.6 Å². The van der Waals surface area contributed by atoms with Gasteiger partial charge in [0.15, 0.2) is 0 Å². The van der Waals surface area contributed by atoms with Gasteiger partial charge in [0.1, 0.15) is 11.6 Å². The highest BCUT2D eigenvalue weighted by Gasteiger charge is 2.41. The SMILES string of the molecule is CC(C)(C)c1ccc(CN2C(=O)c3c(c4c5cc(F)ccc5[nH]c4c4[nH]c5ccc(F)cc5c34)C2=O)cc1. The number of nitrogens with one attached hydrogen (secondary N) is 2. The highest BCUT2D eigenvalue weighted by Crippen LogP contribution is 2.44. The quantitative estimate of drug-likeness (QED) is 0.241. The van der Waals surface area contributed by atoms with E-state index in [2.05, 4.69) is 30.7 Å². The predicted molar refractivity (Wildman–Crippen MR) is 144 cm³/mol. The molecule has 3 heterocycles. The monoisotopic (exact) mass is 507 g/mol. The molecule has 4 aromatic carbocycles. The molecule has 0 aliphatic carbocycles. The molecule has 0 unspecified atom stereocenters. The third-order valence-corrected chi connectivity index (χ3v) is 7.60. The molecule has 0 atom stereocenters. The molecule has 1 aliphatic heterocycles. The lowest BCUT2D eigenvalue weighted by molar-refractivity contribution is 0.0643. The van der Waals surface area contributed by atoms with E-state index in [1.165, 1.54) is 29.2 Å². The Labute approximate surface area is 216 Å². The van der Waals surface area contributed by atoms with Gasteiger partial charge >= 0.3 is 0 Å². The number of fused-ring (bicyclic) bond motifs is 10. The van der Waals surface area contributed by atoms with Crippen LogP contribution in [0.25, 0.3) is 43.6 Å². The van der Waals surface area contributed by atoms with Crippen molar-refractivity contribution in [3.05, 3.63) is 94.6 Å². The van der Waals surface area contributed by atoms with Crippen LogP contribution in [-0.2, 0) is 12.0 Å². The molecular weight excluding hydrogens is 484 g/mol. The molecule has 0 saturated heterocycles. The molecule has 0 bridgehead atoms. The standard InChI is InChI=1S/C31H23F2N3O2/c1-31(2,3)16-6-4-15(5-7-16)14-36-29(37)25-23-19-12-17(32)8-10-21(19)34-27(23)28-24(26(25)30(36)38)20-13-18(33)9-11-22(20)35-28/h4-13,34-35H,14H2,1-3H3. The van der Waals surface area contributed by atoms with Gasteiger partial charge in [0.2, 0.25) is 0 Å². The van der Waals surface area contributed by atoms with Crippen LogP contribution in [0.15, 0.2) is 60.7 Å². The zero-order valence-electron chi connectivity index (χ0n) is 21.0. The molecule has 7 rings (SSSR count). The summed E-state index contributed by atoms with van der Waals surface area (Å²) < 4.78 is 28.7. The fourth-order valence-corrected chi connectivity index (χ4v) is 5.70. The van der Waals surface area contributed by atoms with E-state index in [9.17, 15) is 18.4 Å². The van der Waals surface area contributed by atoms with Gasteiger partial charge in [-0.05, 0) is 52.9 Å². The molecule has 2 aromatic heterocycles. The number of nitrogens with zero attached hydrogens (tertiary/aromatic N) is 1. The molecule has 0 fully saturated rings. The highest BCUT2D eigenvalue weighted by atomic mass is 19.1. The number of amides is 2. The van der Waals surface area contributed by atoms with Crippen molar-refractivity contribution in [1.82, 2.24) is 14.9 Å². The van der Waals surface area contributed by atoms with Gasteiger partial charge in [-0.1, -0.05) is 45.0 Å². The Morgan fingerprint density at radius 2 is 1.18 bits per heavy atom. The van der Waals surface area contributed by atoms with Crippen molar-refractivity contribution >= 4 is 55.4 Å². The average molecular weight is 508 g/mol. The van der Waals surface area contributed by atoms with E-state index in [1.807, 2.05) is 24.3 Å². The van der Waals surface area contributed by atoms with Gasteiger partial charge in [-0.3, -0.25) is 14.5 Å². The summed E-state index contributed by atoms with van der Waals surface area (Å²) in [5.74, 6) is -1.79. The number of hydrogen-bond acceptors (Lipinski definition) is 2. The Hall–Kier alpha value is -4.52. The summed E-state index contributed by atoms with van der Waals surface area (Å²) in [6.07, 6.45) is 0. The third-order valence-electron chi connectivity index (χ3n) is 7.60. The van der Waals surface area contributed by atoms with Gasteiger partial charge in [0.25, 0.3) is 11.8 Å². The fraction of sp³-hybridized carbons (Fsp3) is 0.161. The van der Waals surface area contributed by atoms with Crippen molar-refractivity contribution in [2.75, 3.05) is 0 Å². The van der Waals surface area contributed by atoms with Gasteiger partial charge in [-0.25, -0.2) is 8.78 Å². The molecule has 0 saturated carbocycles. The summed E-state index contributed by atoms with van der Waals surface area (Å²) in [5.41, 5.74) is 4.79. The number of H-pyrrole nitrogens is 2. The minimum Gasteiger partial charge on any atom is -0.353 e. The average Bonchev–Trinajstić information content (AvgIpc) is 3.50. The first kappa shape index (κ1) is 22.7. The van der Waals surface area contributed by atoms with E-state index in [1.54, 1.807) is 12.1 Å². The smallest absolute Gasteiger partial charge is 0.262 e. The second-order valence-electron chi connectivity index (χ2n) is 11.0. The second-order valence-corrected chi connectivity index (χ2v) is 11.0. The van der Waals surface area contributed by atoms with E-state index in [0.717, 1.165) is 11.1 Å². The largest absolute Gasteiger partial charge is 0.353 e. The molecule has 2 amide bonds. The van der Waals surface area contributed by atoms with E-state index < -0.39 is 23.4 Å². The Balaban J connectivity index is 1.50. The van der Waals surface area contributed by atoms with E-state index in [4.69, 9.17) is 0 Å². The minimum atomic E-state index is -0.451. The minimum absolute atomic E-state index is 0.0273. The first-order chi connectivity index (χ1) is 18.1. The summed E-state index contributed by atoms with van der Waals surface area (Å²) in [7, 11) is 0. The zero-order valence-corrected chi connectivity index (χ0v) is 21.0. The van der Waals surface area contributed by atoms with Crippen LogP contribution in [0.3, 0.4) is 0 Å². The molecule has 38 heavy (non-hydrogen) atoms. The van der Waals surface area contributed by atoms with Crippen molar-refractivity contribution in [3.63, 3.8) is 0 Å². The van der Waals surface area contributed by atoms with Crippen LogP contribution in [0.5, 0.6) is 0 Å². The van der Waals surface area contributed by atoms with Crippen molar-refractivity contribution in [2.24, 2.45) is 0 Å². The molecule has 2 N–H and O–H groups in total. The summed E-state index contributed by atoms with van der Waals surface area (Å²) in [4.78, 5) is 35.7. The van der Waals surface area contributed by atoms with Gasteiger partial charge in [0.05, 0.1) is 28.7 Å². The first-order valence-corrected chi connectivity index (χ1v) is 12.5. The number of hydrogen-bond donors (Lipinski definition) is 2. The maximum Gasteiger partial charge on any atom is 0.262 e. The van der Waals surface area contributed by atoms with Gasteiger partial charge in [-0.2, -0.15) is 0 Å². The first-order valence-electron chi connectivity index (χ1n) is 12.5. The number of halogens is 2. The van der Waals surface area contributed by atoms with E-state index in [-0.39, 0.29) is 23.1 Å². The maximum atomic E-state index is 14.3. The molecule has 6 aromatic rings. The van der Waals surface area contributed by atoms with Crippen LogP contribution in [0.2, 0.25) is 0 Å². The van der Waals surface area contributed by atoms with Gasteiger partial charge in [-0.15, -0.1) is 0 Å². The number of carbonyl (C=O) groups is 2. The normalized spacial score (nSPS) is 14.1. The zero-order chi connectivity index (χ0) is 26.5. The molecule has 0 radical (unpaired) electrons. The summed E-state index contributed by atoms with van der Waals surface area (Å²) >= 11 is 0. The van der Waals surface area contributed by atoms with E-state index >= 15 is 0 Å². The lowest BCUT2D eigenvalue weighted by atomic mass is 9.87. The van der Waals surface area contributed by atoms with Crippen LogP contribution in [0.1, 0.15) is 52.6 Å². The maximum absolute atomic E-state index is 14.3.